The molecule has 18 nitrogen and oxygen atoms in total. The molecule has 0 spiro atoms. The van der Waals surface area contributed by atoms with Crippen molar-refractivity contribution in [2.45, 2.75) is 75.2 Å². The Morgan fingerprint density at radius 2 is 1.75 bits per heavy atom. The minimum Gasteiger partial charge on any atom is -0.480 e. The van der Waals surface area contributed by atoms with Gasteiger partial charge in [0.1, 0.15) is 24.2 Å². The van der Waals surface area contributed by atoms with Gasteiger partial charge in [0.25, 0.3) is 0 Å². The zero-order chi connectivity index (χ0) is 36.9. The van der Waals surface area contributed by atoms with Crippen molar-refractivity contribution in [3.8, 4) is 0 Å². The molecule has 3 heterocycles. The quantitative estimate of drug-likeness (QED) is 0.0594. The average molecular weight is 711 g/mol. The monoisotopic (exact) mass is 710 g/mol. The molecule has 51 heavy (non-hydrogen) atoms. The van der Waals surface area contributed by atoms with E-state index in [-0.39, 0.29) is 32.2 Å². The van der Waals surface area contributed by atoms with Crippen LogP contribution in [0.15, 0.2) is 43.0 Å². The second-order valence-electron chi connectivity index (χ2n) is 12.4. The second kappa shape index (κ2) is 18.6. The summed E-state index contributed by atoms with van der Waals surface area (Å²) in [6.45, 7) is -0.838. The Bertz CT molecular complexity index is 1660. The number of likely N-dealkylation sites (tertiary alicyclic amines) is 1. The first kappa shape index (κ1) is 38.5. The van der Waals surface area contributed by atoms with E-state index in [2.05, 4.69) is 36.2 Å². The zero-order valence-electron chi connectivity index (χ0n) is 28.1. The van der Waals surface area contributed by atoms with Crippen LogP contribution in [0.1, 0.15) is 43.4 Å². The number of aliphatic hydroxyl groups is 1. The fraction of sp³-hybridized carbons (Fsp3) is 0.485. The summed E-state index contributed by atoms with van der Waals surface area (Å²) in [7, 11) is 0. The van der Waals surface area contributed by atoms with E-state index in [1.807, 2.05) is 24.3 Å². The molecule has 3 aromatic rings. The molecule has 1 fully saturated rings. The van der Waals surface area contributed by atoms with Gasteiger partial charge < -0.3 is 57.8 Å². The van der Waals surface area contributed by atoms with Gasteiger partial charge in [0.15, 0.2) is 0 Å². The lowest BCUT2D eigenvalue weighted by molar-refractivity contribution is -0.143. The van der Waals surface area contributed by atoms with E-state index < -0.39 is 78.9 Å². The number of imidazole rings is 1. The summed E-state index contributed by atoms with van der Waals surface area (Å²) in [6, 6.07) is 1.93. The highest BCUT2D eigenvalue weighted by atomic mass is 16.4. The van der Waals surface area contributed by atoms with Crippen molar-refractivity contribution in [3.05, 3.63) is 54.2 Å². The molecule has 12 N–H and O–H groups in total. The number of hydrogen-bond acceptors (Lipinski definition) is 10. The number of nitrogens with two attached hydrogens (primary N) is 2. The highest BCUT2D eigenvalue weighted by molar-refractivity contribution is 5.96. The topological polar surface area (TPSA) is 291 Å². The SMILES string of the molecule is NCCCC[C@H](NC(=O)[C@@H](N)Cc1c[nH]c2ccccc12)C(=O)N[C@@H](Cc1cnc[nH]1)C(=O)N1CCC[C@H]1C(=O)NCC(=O)N[C@@H](CO)C(=O)O. The number of nitrogens with zero attached hydrogens (tertiary/aromatic N) is 2. The molecule has 1 aliphatic rings. The number of amides is 5. The number of benzene rings is 1. The van der Waals surface area contributed by atoms with E-state index in [9.17, 15) is 28.8 Å². The molecule has 0 unspecified atom stereocenters. The number of H-pyrrole nitrogens is 2. The fourth-order valence-electron chi connectivity index (χ4n) is 5.98. The number of aromatic amines is 2. The van der Waals surface area contributed by atoms with E-state index in [1.54, 1.807) is 6.20 Å². The smallest absolute Gasteiger partial charge is 0.328 e. The molecule has 18 heteroatoms. The number of aliphatic hydroxyl groups excluding tert-OH is 1. The van der Waals surface area contributed by atoms with E-state index in [0.29, 0.717) is 31.5 Å². The molecule has 1 aliphatic heterocycles. The first-order valence-corrected chi connectivity index (χ1v) is 16.8. The third-order valence-corrected chi connectivity index (χ3v) is 8.70. The van der Waals surface area contributed by atoms with Crippen LogP contribution in [-0.4, -0.2) is 122 Å². The Balaban J connectivity index is 1.44. The Labute approximate surface area is 293 Å². The maximum atomic E-state index is 14.0. The van der Waals surface area contributed by atoms with Crippen LogP contribution in [0.5, 0.6) is 0 Å². The summed E-state index contributed by atoms with van der Waals surface area (Å²) in [5, 5.41) is 29.1. The number of fused-ring (bicyclic) bond motifs is 1. The van der Waals surface area contributed by atoms with E-state index in [0.717, 1.165) is 16.5 Å². The fourth-order valence-corrected chi connectivity index (χ4v) is 5.98. The minimum absolute atomic E-state index is 0.000894. The van der Waals surface area contributed by atoms with Crippen LogP contribution in [-0.2, 0) is 41.6 Å². The highest BCUT2D eigenvalue weighted by Gasteiger charge is 2.39. The zero-order valence-corrected chi connectivity index (χ0v) is 28.1. The predicted octanol–water partition coefficient (Wildman–Crippen LogP) is -2.23. The van der Waals surface area contributed by atoms with Crippen LogP contribution in [0, 0.1) is 0 Å². The molecule has 0 saturated carbocycles. The third kappa shape index (κ3) is 10.6. The molecule has 4 rings (SSSR count). The molecule has 2 aromatic heterocycles. The first-order valence-electron chi connectivity index (χ1n) is 16.8. The maximum absolute atomic E-state index is 14.0. The van der Waals surface area contributed by atoms with Crippen molar-refractivity contribution < 1.29 is 39.0 Å². The summed E-state index contributed by atoms with van der Waals surface area (Å²) < 4.78 is 0. The largest absolute Gasteiger partial charge is 0.480 e. The van der Waals surface area contributed by atoms with E-state index in [1.165, 1.54) is 17.4 Å². The van der Waals surface area contributed by atoms with Crippen molar-refractivity contribution >= 4 is 46.4 Å². The Morgan fingerprint density at radius 1 is 0.980 bits per heavy atom. The molecule has 5 amide bonds. The van der Waals surface area contributed by atoms with Crippen molar-refractivity contribution in [2.75, 3.05) is 26.2 Å². The number of carboxylic acids is 1. The van der Waals surface area contributed by atoms with Gasteiger partial charge in [-0.2, -0.15) is 0 Å². The molecular weight excluding hydrogens is 664 g/mol. The molecule has 276 valence electrons. The Morgan fingerprint density at radius 3 is 2.45 bits per heavy atom. The molecule has 0 radical (unpaired) electrons. The number of hydrogen-bond donors (Lipinski definition) is 10. The van der Waals surface area contributed by atoms with Crippen LogP contribution in [0.2, 0.25) is 0 Å². The normalized spacial score (nSPS) is 16.5. The van der Waals surface area contributed by atoms with Crippen molar-refractivity contribution in [1.82, 2.24) is 41.1 Å². The number of unbranched alkanes of at least 4 members (excludes halogenated alkanes) is 1. The summed E-state index contributed by atoms with van der Waals surface area (Å²) >= 11 is 0. The molecule has 1 saturated heterocycles. The van der Waals surface area contributed by atoms with Crippen LogP contribution in [0.3, 0.4) is 0 Å². The summed E-state index contributed by atoms with van der Waals surface area (Å²) in [5.74, 6) is -4.65. The first-order chi connectivity index (χ1) is 24.5. The van der Waals surface area contributed by atoms with Crippen LogP contribution in [0.25, 0.3) is 10.9 Å². The average Bonchev–Trinajstić information content (AvgIpc) is 3.90. The Hall–Kier alpha value is -5.33. The van der Waals surface area contributed by atoms with Gasteiger partial charge in [-0.3, -0.25) is 24.0 Å². The highest BCUT2D eigenvalue weighted by Crippen LogP contribution is 2.21. The van der Waals surface area contributed by atoms with Crippen molar-refractivity contribution in [3.63, 3.8) is 0 Å². The molecule has 1 aromatic carbocycles. The van der Waals surface area contributed by atoms with Crippen LogP contribution < -0.4 is 32.7 Å². The number of aliphatic carboxylic acids is 1. The van der Waals surface area contributed by atoms with Gasteiger partial charge >= 0.3 is 5.97 Å². The van der Waals surface area contributed by atoms with Crippen molar-refractivity contribution in [1.29, 1.82) is 0 Å². The summed E-state index contributed by atoms with van der Waals surface area (Å²) in [6.07, 6.45) is 7.03. The number of carbonyl (C=O) groups excluding carboxylic acids is 5. The second-order valence-corrected chi connectivity index (χ2v) is 12.4. The van der Waals surface area contributed by atoms with Gasteiger partial charge in [-0.25, -0.2) is 9.78 Å². The Kier molecular flexibility index (Phi) is 14.0. The molecule has 0 bridgehead atoms. The number of nitrogens with one attached hydrogen (secondary N) is 6. The molecule has 5 atom stereocenters. The lowest BCUT2D eigenvalue weighted by Crippen LogP contribution is -2.58. The van der Waals surface area contributed by atoms with Crippen molar-refractivity contribution in [2.24, 2.45) is 11.5 Å². The van der Waals surface area contributed by atoms with Gasteiger partial charge in [0.2, 0.25) is 29.5 Å². The number of carboxylic acid groups (broad SMARTS) is 1. The predicted molar refractivity (Wildman–Crippen MR) is 183 cm³/mol. The standard InChI is InChI=1S/C33H46N10O8/c34-10-4-3-8-24(41-29(46)22(35)12-19-14-37-23-7-2-1-6-21(19)23)30(47)42-25(13-20-15-36-18-39-20)32(49)43-11-5-9-27(43)31(48)38-16-28(45)40-26(17-44)33(50)51/h1-2,6-7,14-15,18,22,24-27,37,44H,3-5,8-13,16-17,34-35H2,(H,36,39)(H,38,48)(H,40,45)(H,41,46)(H,42,47)(H,50,51)/t22-,24-,25-,26-,27-/m0/s1. The lowest BCUT2D eigenvalue weighted by atomic mass is 10.0. The number of carbonyl (C=O) groups is 6. The van der Waals surface area contributed by atoms with Crippen LogP contribution in [0.4, 0.5) is 0 Å². The maximum Gasteiger partial charge on any atom is 0.328 e. The van der Waals surface area contributed by atoms with Crippen LogP contribution >= 0.6 is 0 Å². The lowest BCUT2D eigenvalue weighted by Gasteiger charge is -2.30. The summed E-state index contributed by atoms with van der Waals surface area (Å²) in [4.78, 5) is 88.9. The summed E-state index contributed by atoms with van der Waals surface area (Å²) in [5.41, 5.74) is 14.3. The number of para-hydroxylation sites is 1. The molecule has 0 aliphatic carbocycles. The number of rotatable bonds is 19. The van der Waals surface area contributed by atoms with E-state index in [4.69, 9.17) is 21.7 Å². The van der Waals surface area contributed by atoms with Gasteiger partial charge in [-0.15, -0.1) is 0 Å². The van der Waals surface area contributed by atoms with Gasteiger partial charge in [-0.1, -0.05) is 18.2 Å². The van der Waals surface area contributed by atoms with Gasteiger partial charge in [-0.05, 0) is 56.7 Å². The minimum atomic E-state index is -1.54. The van der Waals surface area contributed by atoms with E-state index >= 15 is 0 Å². The van der Waals surface area contributed by atoms with Gasteiger partial charge in [0.05, 0.1) is 25.5 Å². The number of aromatic nitrogens is 3. The molecular formula is C33H46N10O8. The third-order valence-electron chi connectivity index (χ3n) is 8.70. The van der Waals surface area contributed by atoms with Gasteiger partial charge in [0, 0.05) is 42.0 Å².